The van der Waals surface area contributed by atoms with Crippen molar-refractivity contribution in [1.29, 1.82) is 0 Å². The normalized spacial score (nSPS) is 10.6. The lowest BCUT2D eigenvalue weighted by molar-refractivity contribution is 0.872. The van der Waals surface area contributed by atoms with Crippen LogP contribution >= 0.6 is 0 Å². The Kier molecular flexibility index (Phi) is 3.37. The van der Waals surface area contributed by atoms with Gasteiger partial charge in [0.15, 0.2) is 0 Å². The quantitative estimate of drug-likeness (QED) is 0.847. The average molecular weight is 215 g/mol. The van der Waals surface area contributed by atoms with Crippen LogP contribution in [-0.4, -0.2) is 16.1 Å². The molecule has 1 heterocycles. The van der Waals surface area contributed by atoms with E-state index in [2.05, 4.69) is 40.7 Å². The van der Waals surface area contributed by atoms with Gasteiger partial charge in [0.25, 0.3) is 0 Å². The average Bonchev–Trinajstić information content (AvgIpc) is 2.78. The molecule has 2 rings (SSSR count). The number of hydrogen-bond donors (Lipinski definition) is 1. The fraction of sp³-hybridized carbons (Fsp3) is 0.308. The molecule has 0 amide bonds. The molecule has 0 aliphatic carbocycles. The first kappa shape index (κ1) is 10.9. The highest BCUT2D eigenvalue weighted by atomic mass is 15.0. The third-order valence-electron chi connectivity index (χ3n) is 2.71. The van der Waals surface area contributed by atoms with Crippen LogP contribution < -0.4 is 5.73 Å². The number of nitrogens with two attached hydrogens (primary N) is 1. The van der Waals surface area contributed by atoms with E-state index in [1.165, 1.54) is 11.3 Å². The van der Waals surface area contributed by atoms with E-state index in [0.717, 1.165) is 18.5 Å². The maximum Gasteiger partial charge on any atom is 0.0994 e. The number of hydrogen-bond acceptors (Lipinski definition) is 2. The van der Waals surface area contributed by atoms with Gasteiger partial charge in [-0.05, 0) is 30.7 Å². The van der Waals surface area contributed by atoms with Gasteiger partial charge in [-0.1, -0.05) is 19.1 Å². The smallest absolute Gasteiger partial charge is 0.0994 e. The van der Waals surface area contributed by atoms with E-state index in [-0.39, 0.29) is 0 Å². The number of imidazole rings is 1. The summed E-state index contributed by atoms with van der Waals surface area (Å²) in [5.41, 5.74) is 9.25. The predicted molar refractivity (Wildman–Crippen MR) is 65.7 cm³/mol. The first-order chi connectivity index (χ1) is 7.85. The Bertz CT molecular complexity index is 460. The monoisotopic (exact) mass is 215 g/mol. The maximum absolute atomic E-state index is 5.58. The van der Waals surface area contributed by atoms with E-state index in [1.54, 1.807) is 0 Å². The molecule has 1 aromatic carbocycles. The van der Waals surface area contributed by atoms with Gasteiger partial charge >= 0.3 is 0 Å². The molecular formula is C13H17N3. The number of aromatic nitrogens is 2. The van der Waals surface area contributed by atoms with Crippen LogP contribution in [0.1, 0.15) is 18.2 Å². The summed E-state index contributed by atoms with van der Waals surface area (Å²) in [4.78, 5) is 4.18. The Balaban J connectivity index is 2.37. The SMILES string of the molecule is CCc1cccc(-n2cncc2CCN)c1. The summed E-state index contributed by atoms with van der Waals surface area (Å²) in [5, 5.41) is 0. The minimum Gasteiger partial charge on any atom is -0.330 e. The van der Waals surface area contributed by atoms with Crippen molar-refractivity contribution in [3.8, 4) is 5.69 Å². The standard InChI is InChI=1S/C13H17N3/c1-2-11-4-3-5-12(8-11)16-10-15-9-13(16)6-7-14/h3-5,8-10H,2,6-7,14H2,1H3. The van der Waals surface area contributed by atoms with Crippen molar-refractivity contribution in [2.24, 2.45) is 5.73 Å². The topological polar surface area (TPSA) is 43.8 Å². The van der Waals surface area contributed by atoms with Gasteiger partial charge in [0.2, 0.25) is 0 Å². The predicted octanol–water partition coefficient (Wildman–Crippen LogP) is 1.94. The molecule has 0 unspecified atom stereocenters. The molecule has 0 bridgehead atoms. The molecule has 0 spiro atoms. The second kappa shape index (κ2) is 4.94. The molecule has 3 heteroatoms. The van der Waals surface area contributed by atoms with E-state index in [0.29, 0.717) is 6.54 Å². The summed E-state index contributed by atoms with van der Waals surface area (Å²) in [6.45, 7) is 2.81. The number of aryl methyl sites for hydroxylation is 1. The van der Waals surface area contributed by atoms with Gasteiger partial charge in [-0.3, -0.25) is 0 Å². The molecule has 2 aromatic rings. The van der Waals surface area contributed by atoms with Gasteiger partial charge in [-0.15, -0.1) is 0 Å². The van der Waals surface area contributed by atoms with Crippen molar-refractivity contribution >= 4 is 0 Å². The zero-order valence-electron chi connectivity index (χ0n) is 9.56. The molecule has 0 atom stereocenters. The van der Waals surface area contributed by atoms with Gasteiger partial charge in [0.1, 0.15) is 0 Å². The zero-order valence-corrected chi connectivity index (χ0v) is 9.56. The van der Waals surface area contributed by atoms with Crippen LogP contribution in [-0.2, 0) is 12.8 Å². The Labute approximate surface area is 95.9 Å². The molecule has 2 N–H and O–H groups in total. The molecule has 0 radical (unpaired) electrons. The molecule has 84 valence electrons. The largest absolute Gasteiger partial charge is 0.330 e. The minimum atomic E-state index is 0.652. The third-order valence-corrected chi connectivity index (χ3v) is 2.71. The van der Waals surface area contributed by atoms with Crippen molar-refractivity contribution in [2.75, 3.05) is 6.54 Å². The Morgan fingerprint density at radius 3 is 3.00 bits per heavy atom. The van der Waals surface area contributed by atoms with Crippen molar-refractivity contribution < 1.29 is 0 Å². The Hall–Kier alpha value is -1.61. The highest BCUT2D eigenvalue weighted by Gasteiger charge is 2.03. The second-order valence-corrected chi connectivity index (χ2v) is 3.82. The van der Waals surface area contributed by atoms with Gasteiger partial charge in [0, 0.05) is 24.0 Å². The summed E-state index contributed by atoms with van der Waals surface area (Å²) in [7, 11) is 0. The molecule has 1 aromatic heterocycles. The lowest BCUT2D eigenvalue weighted by Crippen LogP contribution is -2.07. The van der Waals surface area contributed by atoms with E-state index in [1.807, 2.05) is 12.5 Å². The number of benzene rings is 1. The Morgan fingerprint density at radius 1 is 1.38 bits per heavy atom. The summed E-state index contributed by atoms with van der Waals surface area (Å²) >= 11 is 0. The summed E-state index contributed by atoms with van der Waals surface area (Å²) in [6.07, 6.45) is 5.64. The molecule has 0 saturated carbocycles. The fourth-order valence-electron chi connectivity index (χ4n) is 1.81. The molecule has 3 nitrogen and oxygen atoms in total. The van der Waals surface area contributed by atoms with Crippen LogP contribution in [0.4, 0.5) is 0 Å². The summed E-state index contributed by atoms with van der Waals surface area (Å²) in [6, 6.07) is 8.52. The fourth-order valence-corrected chi connectivity index (χ4v) is 1.81. The van der Waals surface area contributed by atoms with Gasteiger partial charge in [-0.25, -0.2) is 4.98 Å². The van der Waals surface area contributed by atoms with Crippen molar-refractivity contribution in [2.45, 2.75) is 19.8 Å². The molecule has 0 aliphatic rings. The van der Waals surface area contributed by atoms with Crippen LogP contribution in [0.2, 0.25) is 0 Å². The van der Waals surface area contributed by atoms with Crippen LogP contribution in [0.15, 0.2) is 36.8 Å². The number of rotatable bonds is 4. The summed E-state index contributed by atoms with van der Waals surface area (Å²) in [5.74, 6) is 0. The van der Waals surface area contributed by atoms with Gasteiger partial charge < -0.3 is 10.3 Å². The molecule has 0 fully saturated rings. The van der Waals surface area contributed by atoms with Crippen LogP contribution in [0, 0.1) is 0 Å². The van der Waals surface area contributed by atoms with Gasteiger partial charge in [-0.2, -0.15) is 0 Å². The first-order valence-corrected chi connectivity index (χ1v) is 5.65. The maximum atomic E-state index is 5.58. The minimum absolute atomic E-state index is 0.652. The van der Waals surface area contributed by atoms with Crippen LogP contribution in [0.25, 0.3) is 5.69 Å². The second-order valence-electron chi connectivity index (χ2n) is 3.82. The molecule has 0 saturated heterocycles. The van der Waals surface area contributed by atoms with E-state index >= 15 is 0 Å². The lowest BCUT2D eigenvalue weighted by Gasteiger charge is -2.08. The highest BCUT2D eigenvalue weighted by molar-refractivity contribution is 5.37. The highest BCUT2D eigenvalue weighted by Crippen LogP contribution is 2.13. The van der Waals surface area contributed by atoms with E-state index < -0.39 is 0 Å². The van der Waals surface area contributed by atoms with Crippen LogP contribution in [0.5, 0.6) is 0 Å². The van der Waals surface area contributed by atoms with Crippen LogP contribution in [0.3, 0.4) is 0 Å². The zero-order chi connectivity index (χ0) is 11.4. The summed E-state index contributed by atoms with van der Waals surface area (Å²) < 4.78 is 2.10. The number of nitrogens with zero attached hydrogens (tertiary/aromatic N) is 2. The van der Waals surface area contributed by atoms with Gasteiger partial charge in [0.05, 0.1) is 6.33 Å². The molecule has 0 aliphatic heterocycles. The third kappa shape index (κ3) is 2.14. The molecule has 16 heavy (non-hydrogen) atoms. The van der Waals surface area contributed by atoms with Crippen molar-refractivity contribution in [3.05, 3.63) is 48.0 Å². The van der Waals surface area contributed by atoms with E-state index in [4.69, 9.17) is 5.73 Å². The Morgan fingerprint density at radius 2 is 2.25 bits per heavy atom. The molecular weight excluding hydrogens is 198 g/mol. The van der Waals surface area contributed by atoms with Crippen molar-refractivity contribution in [1.82, 2.24) is 9.55 Å². The first-order valence-electron chi connectivity index (χ1n) is 5.65. The lowest BCUT2D eigenvalue weighted by atomic mass is 10.1. The van der Waals surface area contributed by atoms with Crippen molar-refractivity contribution in [3.63, 3.8) is 0 Å². The van der Waals surface area contributed by atoms with E-state index in [9.17, 15) is 0 Å².